The minimum absolute atomic E-state index is 0.260. The van der Waals surface area contributed by atoms with Crippen molar-refractivity contribution in [1.82, 2.24) is 4.98 Å². The van der Waals surface area contributed by atoms with Crippen molar-refractivity contribution in [3.8, 4) is 10.6 Å². The zero-order valence-electron chi connectivity index (χ0n) is 13.3. The van der Waals surface area contributed by atoms with Crippen molar-refractivity contribution < 1.29 is 9.18 Å². The van der Waals surface area contributed by atoms with Crippen molar-refractivity contribution in [2.45, 2.75) is 0 Å². The van der Waals surface area contributed by atoms with E-state index in [4.69, 9.17) is 0 Å². The van der Waals surface area contributed by atoms with Crippen LogP contribution in [0.1, 0.15) is 9.67 Å². The quantitative estimate of drug-likeness (QED) is 0.771. The van der Waals surface area contributed by atoms with Crippen molar-refractivity contribution in [3.05, 3.63) is 65.4 Å². The van der Waals surface area contributed by atoms with Gasteiger partial charge in [-0.1, -0.05) is 24.3 Å². The molecule has 3 aromatic rings. The molecule has 1 heterocycles. The molecule has 0 bridgehead atoms. The highest BCUT2D eigenvalue weighted by molar-refractivity contribution is 7.17. The summed E-state index contributed by atoms with van der Waals surface area (Å²) >= 11 is 1.16. The van der Waals surface area contributed by atoms with Gasteiger partial charge in [0.05, 0.1) is 17.6 Å². The molecule has 24 heavy (non-hydrogen) atoms. The fourth-order valence-corrected chi connectivity index (χ4v) is 3.13. The SMILES string of the molecule is CN(C)c1ccccc1NC(=O)c1cnc(-c2ccccc2F)s1. The lowest BCUT2D eigenvalue weighted by atomic mass is 10.2. The third kappa shape index (κ3) is 3.28. The second kappa shape index (κ2) is 6.80. The second-order valence-corrected chi connectivity index (χ2v) is 6.41. The largest absolute Gasteiger partial charge is 0.376 e. The lowest BCUT2D eigenvalue weighted by Crippen LogP contribution is -2.15. The van der Waals surface area contributed by atoms with E-state index in [-0.39, 0.29) is 11.7 Å². The zero-order valence-corrected chi connectivity index (χ0v) is 14.1. The van der Waals surface area contributed by atoms with Crippen LogP contribution in [0.25, 0.3) is 10.6 Å². The molecule has 0 radical (unpaired) electrons. The molecule has 122 valence electrons. The molecule has 0 aliphatic carbocycles. The average Bonchev–Trinajstić information content (AvgIpc) is 3.05. The van der Waals surface area contributed by atoms with E-state index in [2.05, 4.69) is 10.3 Å². The molecule has 0 aliphatic rings. The topological polar surface area (TPSA) is 45.2 Å². The second-order valence-electron chi connectivity index (χ2n) is 5.38. The van der Waals surface area contributed by atoms with E-state index in [0.717, 1.165) is 17.0 Å². The van der Waals surface area contributed by atoms with Gasteiger partial charge in [0.15, 0.2) is 0 Å². The number of amides is 1. The summed E-state index contributed by atoms with van der Waals surface area (Å²) in [6.45, 7) is 0. The lowest BCUT2D eigenvalue weighted by Gasteiger charge is -2.17. The number of nitrogens with zero attached hydrogens (tertiary/aromatic N) is 2. The van der Waals surface area contributed by atoms with Crippen LogP contribution in [0.4, 0.5) is 15.8 Å². The number of carbonyl (C=O) groups is 1. The fourth-order valence-electron chi connectivity index (χ4n) is 2.29. The molecule has 0 fully saturated rings. The smallest absolute Gasteiger partial charge is 0.267 e. The van der Waals surface area contributed by atoms with Gasteiger partial charge in [-0.15, -0.1) is 11.3 Å². The molecule has 2 aromatic carbocycles. The monoisotopic (exact) mass is 341 g/mol. The summed E-state index contributed by atoms with van der Waals surface area (Å²) in [5, 5.41) is 3.37. The van der Waals surface area contributed by atoms with E-state index < -0.39 is 0 Å². The van der Waals surface area contributed by atoms with Gasteiger partial charge in [0.1, 0.15) is 15.7 Å². The summed E-state index contributed by atoms with van der Waals surface area (Å²) in [5.41, 5.74) is 2.02. The van der Waals surface area contributed by atoms with Gasteiger partial charge in [-0.3, -0.25) is 4.79 Å². The molecule has 0 unspecified atom stereocenters. The van der Waals surface area contributed by atoms with Crippen LogP contribution in [-0.2, 0) is 0 Å². The Bertz CT molecular complexity index is 876. The van der Waals surface area contributed by atoms with Crippen LogP contribution in [0.3, 0.4) is 0 Å². The maximum Gasteiger partial charge on any atom is 0.267 e. The van der Waals surface area contributed by atoms with Gasteiger partial charge >= 0.3 is 0 Å². The molecule has 0 aliphatic heterocycles. The Hall–Kier alpha value is -2.73. The van der Waals surface area contributed by atoms with Crippen LogP contribution >= 0.6 is 11.3 Å². The van der Waals surface area contributed by atoms with E-state index >= 15 is 0 Å². The van der Waals surface area contributed by atoms with E-state index in [0.29, 0.717) is 21.1 Å². The number of hydrogen-bond donors (Lipinski definition) is 1. The number of nitrogens with one attached hydrogen (secondary N) is 1. The van der Waals surface area contributed by atoms with Gasteiger partial charge in [0, 0.05) is 19.7 Å². The summed E-state index contributed by atoms with van der Waals surface area (Å²) in [4.78, 5) is 19.0. The molecule has 0 saturated heterocycles. The van der Waals surface area contributed by atoms with Crippen molar-refractivity contribution in [1.29, 1.82) is 0 Å². The molecule has 1 N–H and O–H groups in total. The molecular formula is C18H16FN3OS. The Morgan fingerprint density at radius 3 is 2.58 bits per heavy atom. The molecule has 0 atom stereocenters. The number of para-hydroxylation sites is 2. The van der Waals surface area contributed by atoms with Crippen molar-refractivity contribution in [2.75, 3.05) is 24.3 Å². The average molecular weight is 341 g/mol. The van der Waals surface area contributed by atoms with Gasteiger partial charge in [0.25, 0.3) is 5.91 Å². The highest BCUT2D eigenvalue weighted by Crippen LogP contribution is 2.29. The Kier molecular flexibility index (Phi) is 4.57. The number of hydrogen-bond acceptors (Lipinski definition) is 4. The van der Waals surface area contributed by atoms with Crippen LogP contribution < -0.4 is 10.2 Å². The number of carbonyl (C=O) groups excluding carboxylic acids is 1. The highest BCUT2D eigenvalue weighted by Gasteiger charge is 2.15. The Labute approximate surface area is 143 Å². The zero-order chi connectivity index (χ0) is 17.1. The minimum atomic E-state index is -0.350. The Morgan fingerprint density at radius 2 is 1.83 bits per heavy atom. The van der Waals surface area contributed by atoms with Crippen molar-refractivity contribution >= 4 is 28.6 Å². The first-order valence-electron chi connectivity index (χ1n) is 7.34. The molecule has 0 saturated carbocycles. The predicted octanol–water partition coefficient (Wildman–Crippen LogP) is 4.27. The number of rotatable bonds is 4. The summed E-state index contributed by atoms with van der Waals surface area (Å²) in [7, 11) is 3.82. The van der Waals surface area contributed by atoms with Crippen LogP contribution in [-0.4, -0.2) is 25.0 Å². The van der Waals surface area contributed by atoms with Gasteiger partial charge in [-0.2, -0.15) is 0 Å². The van der Waals surface area contributed by atoms with E-state index in [1.54, 1.807) is 18.2 Å². The molecular weight excluding hydrogens is 325 g/mol. The molecule has 0 spiro atoms. The van der Waals surface area contributed by atoms with Gasteiger partial charge < -0.3 is 10.2 Å². The van der Waals surface area contributed by atoms with Crippen molar-refractivity contribution in [3.63, 3.8) is 0 Å². The maximum absolute atomic E-state index is 13.8. The number of thiazole rings is 1. The number of aromatic nitrogens is 1. The van der Waals surface area contributed by atoms with Gasteiger partial charge in [0.2, 0.25) is 0 Å². The van der Waals surface area contributed by atoms with E-state index in [1.165, 1.54) is 12.3 Å². The maximum atomic E-state index is 13.8. The summed E-state index contributed by atoms with van der Waals surface area (Å²) in [6, 6.07) is 13.9. The van der Waals surface area contributed by atoms with Crippen LogP contribution in [0.15, 0.2) is 54.7 Å². The number of halogens is 1. The van der Waals surface area contributed by atoms with Crippen LogP contribution in [0, 0.1) is 5.82 Å². The number of benzene rings is 2. The Morgan fingerprint density at radius 1 is 1.12 bits per heavy atom. The van der Waals surface area contributed by atoms with Gasteiger partial charge in [-0.25, -0.2) is 9.37 Å². The molecule has 1 aromatic heterocycles. The number of anilines is 2. The van der Waals surface area contributed by atoms with Crippen LogP contribution in [0.5, 0.6) is 0 Å². The predicted molar refractivity (Wildman–Crippen MR) is 96.2 cm³/mol. The summed E-state index contributed by atoms with van der Waals surface area (Å²) in [5.74, 6) is -0.610. The molecule has 4 nitrogen and oxygen atoms in total. The standard InChI is InChI=1S/C18H16FN3OS/c1-22(2)15-10-6-5-9-14(15)21-17(23)16-11-20-18(24-16)12-7-3-4-8-13(12)19/h3-11H,1-2H3,(H,21,23). The molecule has 1 amide bonds. The Balaban J connectivity index is 1.84. The van der Waals surface area contributed by atoms with Gasteiger partial charge in [-0.05, 0) is 24.3 Å². The molecule has 6 heteroatoms. The first-order chi connectivity index (χ1) is 11.6. The van der Waals surface area contributed by atoms with E-state index in [1.807, 2.05) is 43.3 Å². The molecule has 3 rings (SSSR count). The minimum Gasteiger partial charge on any atom is -0.376 e. The van der Waals surface area contributed by atoms with Crippen LogP contribution in [0.2, 0.25) is 0 Å². The highest BCUT2D eigenvalue weighted by atomic mass is 32.1. The van der Waals surface area contributed by atoms with Crippen molar-refractivity contribution in [2.24, 2.45) is 0 Å². The summed E-state index contributed by atoms with van der Waals surface area (Å²) < 4.78 is 13.8. The summed E-state index contributed by atoms with van der Waals surface area (Å²) in [6.07, 6.45) is 1.47. The lowest BCUT2D eigenvalue weighted by molar-refractivity contribution is 0.103. The fraction of sp³-hybridized carbons (Fsp3) is 0.111. The normalized spacial score (nSPS) is 10.5. The third-order valence-electron chi connectivity index (χ3n) is 3.47. The first kappa shape index (κ1) is 16.1. The first-order valence-corrected chi connectivity index (χ1v) is 8.16. The van der Waals surface area contributed by atoms with E-state index in [9.17, 15) is 9.18 Å². The third-order valence-corrected chi connectivity index (χ3v) is 4.50.